The van der Waals surface area contributed by atoms with Gasteiger partial charge in [0.25, 0.3) is 0 Å². The molecule has 0 spiro atoms. The number of hydrogen-bond acceptors (Lipinski definition) is 6. The number of hydrogen-bond donors (Lipinski definition) is 0. The van der Waals surface area contributed by atoms with Crippen molar-refractivity contribution in [3.63, 3.8) is 0 Å². The van der Waals surface area contributed by atoms with Crippen LogP contribution in [-0.2, 0) is 13.0 Å². The molecular formula is C25H29FN6S. The summed E-state index contributed by atoms with van der Waals surface area (Å²) in [6, 6.07) is 10.8. The molecule has 0 atom stereocenters. The van der Waals surface area contributed by atoms with Crippen LogP contribution in [0.25, 0.3) is 16.7 Å². The first-order chi connectivity index (χ1) is 16.1. The zero-order valence-corrected chi connectivity index (χ0v) is 20.0. The van der Waals surface area contributed by atoms with E-state index in [-0.39, 0.29) is 5.82 Å². The molecule has 1 aromatic carbocycles. The van der Waals surface area contributed by atoms with E-state index in [1.54, 1.807) is 12.1 Å². The number of benzene rings is 1. The molecule has 33 heavy (non-hydrogen) atoms. The molecular weight excluding hydrogens is 435 g/mol. The van der Waals surface area contributed by atoms with Crippen LogP contribution in [0.15, 0.2) is 41.8 Å². The lowest BCUT2D eigenvalue weighted by atomic mass is 10.2. The first-order valence-electron chi connectivity index (χ1n) is 11.6. The van der Waals surface area contributed by atoms with Gasteiger partial charge in [0, 0.05) is 44.0 Å². The van der Waals surface area contributed by atoms with Crippen molar-refractivity contribution in [2.24, 2.45) is 0 Å². The number of aryl methyl sites for hydroxylation is 2. The number of anilines is 1. The van der Waals surface area contributed by atoms with E-state index in [0.717, 1.165) is 86.0 Å². The Bertz CT molecular complexity index is 1220. The largest absolute Gasteiger partial charge is 0.355 e. The van der Waals surface area contributed by atoms with Crippen LogP contribution in [0.1, 0.15) is 36.2 Å². The van der Waals surface area contributed by atoms with Crippen LogP contribution in [0, 0.1) is 12.7 Å². The summed E-state index contributed by atoms with van der Waals surface area (Å²) >= 11 is 1.82. The average molecular weight is 465 g/mol. The minimum absolute atomic E-state index is 0.259. The lowest BCUT2D eigenvalue weighted by Gasteiger charge is -2.23. The van der Waals surface area contributed by atoms with Crippen molar-refractivity contribution >= 4 is 28.2 Å². The smallest absolute Gasteiger partial charge is 0.168 e. The Hall–Kier alpha value is -2.84. The van der Waals surface area contributed by atoms with Crippen molar-refractivity contribution in [1.29, 1.82) is 0 Å². The van der Waals surface area contributed by atoms with Gasteiger partial charge in [-0.05, 0) is 55.5 Å². The Morgan fingerprint density at radius 2 is 1.88 bits per heavy atom. The fourth-order valence-electron chi connectivity index (χ4n) is 4.50. The molecule has 0 unspecified atom stereocenters. The molecule has 1 saturated heterocycles. The summed E-state index contributed by atoms with van der Waals surface area (Å²) in [6.07, 6.45) is 2.88. The van der Waals surface area contributed by atoms with E-state index < -0.39 is 0 Å². The molecule has 0 amide bonds. The van der Waals surface area contributed by atoms with Crippen molar-refractivity contribution in [2.75, 3.05) is 31.1 Å². The third-order valence-electron chi connectivity index (χ3n) is 6.12. The molecule has 5 rings (SSSR count). The van der Waals surface area contributed by atoms with Gasteiger partial charge in [-0.15, -0.1) is 11.3 Å². The molecule has 6 nitrogen and oxygen atoms in total. The number of rotatable bonds is 6. The van der Waals surface area contributed by atoms with Crippen molar-refractivity contribution in [3.05, 3.63) is 64.0 Å². The van der Waals surface area contributed by atoms with Gasteiger partial charge in [-0.2, -0.15) is 5.10 Å². The van der Waals surface area contributed by atoms with Gasteiger partial charge < -0.3 is 4.90 Å². The number of halogens is 1. The molecule has 0 radical (unpaired) electrons. The SMILES string of the molecule is CCCc1nc(N2CCCN(Cc3cccs3)CC2)c2c(C)nn(-c3ccc(F)cc3)c2n1. The van der Waals surface area contributed by atoms with E-state index in [1.165, 1.54) is 17.0 Å². The summed E-state index contributed by atoms with van der Waals surface area (Å²) in [5.41, 5.74) is 2.50. The Labute approximate surface area is 197 Å². The van der Waals surface area contributed by atoms with Gasteiger partial charge in [0.1, 0.15) is 17.5 Å². The van der Waals surface area contributed by atoms with Gasteiger partial charge in [-0.25, -0.2) is 19.0 Å². The number of aromatic nitrogens is 4. The van der Waals surface area contributed by atoms with Gasteiger partial charge in [-0.1, -0.05) is 13.0 Å². The molecule has 3 aromatic heterocycles. The van der Waals surface area contributed by atoms with E-state index in [2.05, 4.69) is 34.2 Å². The van der Waals surface area contributed by atoms with Crippen LogP contribution < -0.4 is 4.90 Å². The van der Waals surface area contributed by atoms with E-state index in [4.69, 9.17) is 15.1 Å². The van der Waals surface area contributed by atoms with Crippen molar-refractivity contribution in [2.45, 2.75) is 39.7 Å². The molecule has 1 aliphatic heterocycles. The predicted octanol–water partition coefficient (Wildman–Crippen LogP) is 4.99. The maximum absolute atomic E-state index is 13.5. The minimum atomic E-state index is -0.259. The fourth-order valence-corrected chi connectivity index (χ4v) is 5.24. The second-order valence-electron chi connectivity index (χ2n) is 8.58. The topological polar surface area (TPSA) is 50.1 Å². The molecule has 0 bridgehead atoms. The van der Waals surface area contributed by atoms with Crippen LogP contribution in [-0.4, -0.2) is 50.8 Å². The molecule has 0 saturated carbocycles. The van der Waals surface area contributed by atoms with E-state index >= 15 is 0 Å². The summed E-state index contributed by atoms with van der Waals surface area (Å²) in [7, 11) is 0. The van der Waals surface area contributed by atoms with Crippen LogP contribution in [0.5, 0.6) is 0 Å². The quantitative estimate of drug-likeness (QED) is 0.402. The molecule has 1 fully saturated rings. The lowest BCUT2D eigenvalue weighted by Crippen LogP contribution is -2.31. The van der Waals surface area contributed by atoms with Gasteiger partial charge >= 0.3 is 0 Å². The Balaban J connectivity index is 1.51. The molecule has 4 aromatic rings. The van der Waals surface area contributed by atoms with Crippen LogP contribution in [0.2, 0.25) is 0 Å². The zero-order valence-electron chi connectivity index (χ0n) is 19.2. The highest BCUT2D eigenvalue weighted by Crippen LogP contribution is 2.30. The molecule has 0 aliphatic carbocycles. The first kappa shape index (κ1) is 22.0. The van der Waals surface area contributed by atoms with Gasteiger partial charge in [-0.3, -0.25) is 4.90 Å². The van der Waals surface area contributed by atoms with Crippen LogP contribution in [0.4, 0.5) is 10.2 Å². The normalized spacial score (nSPS) is 15.3. The van der Waals surface area contributed by atoms with Crippen LogP contribution in [0.3, 0.4) is 0 Å². The first-order valence-corrected chi connectivity index (χ1v) is 12.5. The lowest BCUT2D eigenvalue weighted by molar-refractivity contribution is 0.288. The molecule has 0 N–H and O–H groups in total. The maximum Gasteiger partial charge on any atom is 0.168 e. The van der Waals surface area contributed by atoms with E-state index in [0.29, 0.717) is 0 Å². The number of nitrogens with zero attached hydrogens (tertiary/aromatic N) is 6. The number of fused-ring (bicyclic) bond motifs is 1. The predicted molar refractivity (Wildman–Crippen MR) is 132 cm³/mol. The summed E-state index contributed by atoms with van der Waals surface area (Å²) < 4.78 is 15.3. The van der Waals surface area contributed by atoms with Crippen molar-refractivity contribution < 1.29 is 4.39 Å². The highest BCUT2D eigenvalue weighted by atomic mass is 32.1. The Morgan fingerprint density at radius 3 is 2.64 bits per heavy atom. The summed E-state index contributed by atoms with van der Waals surface area (Å²) in [5.74, 6) is 1.56. The van der Waals surface area contributed by atoms with Crippen molar-refractivity contribution in [1.82, 2.24) is 24.6 Å². The zero-order chi connectivity index (χ0) is 22.8. The standard InChI is InChI=1S/C25H29FN6S/c1-3-6-22-27-24(31-13-5-12-30(14-15-31)17-21-7-4-16-33-21)23-18(2)29-32(25(23)28-22)20-10-8-19(26)9-11-20/h4,7-11,16H,3,5-6,12-15,17H2,1-2H3. The third-order valence-corrected chi connectivity index (χ3v) is 6.98. The second-order valence-corrected chi connectivity index (χ2v) is 9.61. The average Bonchev–Trinajstić information content (AvgIpc) is 3.36. The summed E-state index contributed by atoms with van der Waals surface area (Å²) in [5, 5.41) is 7.93. The molecule has 1 aliphatic rings. The second kappa shape index (κ2) is 9.57. The molecule has 8 heteroatoms. The summed E-state index contributed by atoms with van der Waals surface area (Å²) in [4.78, 5) is 16.3. The monoisotopic (exact) mass is 464 g/mol. The molecule has 4 heterocycles. The minimum Gasteiger partial charge on any atom is -0.355 e. The fraction of sp³-hybridized carbons (Fsp3) is 0.400. The Morgan fingerprint density at radius 1 is 1.03 bits per heavy atom. The highest BCUT2D eigenvalue weighted by Gasteiger charge is 2.23. The van der Waals surface area contributed by atoms with E-state index in [1.807, 2.05) is 22.9 Å². The maximum atomic E-state index is 13.5. The molecule has 172 valence electrons. The highest BCUT2D eigenvalue weighted by molar-refractivity contribution is 7.09. The van der Waals surface area contributed by atoms with Crippen LogP contribution >= 0.6 is 11.3 Å². The van der Waals surface area contributed by atoms with Crippen molar-refractivity contribution in [3.8, 4) is 5.69 Å². The van der Waals surface area contributed by atoms with Gasteiger partial charge in [0.15, 0.2) is 5.65 Å². The Kier molecular flexibility index (Phi) is 6.37. The van der Waals surface area contributed by atoms with E-state index in [9.17, 15) is 4.39 Å². The number of thiophene rings is 1. The summed E-state index contributed by atoms with van der Waals surface area (Å²) in [6.45, 7) is 9.12. The van der Waals surface area contributed by atoms with Gasteiger partial charge in [0.05, 0.1) is 16.8 Å². The third kappa shape index (κ3) is 4.63. The van der Waals surface area contributed by atoms with Gasteiger partial charge in [0.2, 0.25) is 0 Å².